The number of nitrogens with zero attached hydrogens (tertiary/aromatic N) is 2. The minimum Gasteiger partial charge on any atom is -0.493 e. The molecule has 6 nitrogen and oxygen atoms in total. The van der Waals surface area contributed by atoms with E-state index in [1.165, 1.54) is 14.2 Å². The Hall–Kier alpha value is -3.38. The molecular formula is C21H22N2O4. The highest BCUT2D eigenvalue weighted by Crippen LogP contribution is 2.41. The molecule has 0 fully saturated rings. The van der Waals surface area contributed by atoms with E-state index in [4.69, 9.17) is 29.5 Å². The number of hydrogen-bond donors (Lipinski definition) is 0. The van der Waals surface area contributed by atoms with E-state index in [9.17, 15) is 0 Å². The van der Waals surface area contributed by atoms with Gasteiger partial charge in [-0.3, -0.25) is 0 Å². The molecule has 0 heterocycles. The molecule has 2 aromatic carbocycles. The van der Waals surface area contributed by atoms with Crippen LogP contribution in [-0.2, 0) is 0 Å². The molecule has 0 radical (unpaired) electrons. The molecule has 0 bridgehead atoms. The number of aryl methyl sites for hydroxylation is 2. The normalized spacial score (nSPS) is 10.1. The smallest absolute Gasteiger partial charge is 0.292 e. The van der Waals surface area contributed by atoms with Crippen LogP contribution in [-0.4, -0.2) is 14.2 Å². The minimum atomic E-state index is 0.0175. The zero-order valence-corrected chi connectivity index (χ0v) is 16.1. The van der Waals surface area contributed by atoms with Crippen LogP contribution in [0.5, 0.6) is 23.0 Å². The molecule has 0 saturated heterocycles. The van der Waals surface area contributed by atoms with Crippen molar-refractivity contribution in [3.8, 4) is 35.5 Å². The van der Waals surface area contributed by atoms with Gasteiger partial charge in [0.25, 0.3) is 12.5 Å². The maximum Gasteiger partial charge on any atom is 0.292 e. The molecule has 2 aromatic rings. The summed E-state index contributed by atoms with van der Waals surface area (Å²) in [6.45, 7) is 6.05. The van der Waals surface area contributed by atoms with Crippen LogP contribution in [0, 0.1) is 36.9 Å². The Morgan fingerprint density at radius 2 is 1.19 bits per heavy atom. The number of rotatable bonds is 7. The van der Waals surface area contributed by atoms with Gasteiger partial charge in [0.15, 0.2) is 23.0 Å². The van der Waals surface area contributed by atoms with Gasteiger partial charge < -0.3 is 18.9 Å². The molecule has 27 heavy (non-hydrogen) atoms. The highest BCUT2D eigenvalue weighted by Gasteiger charge is 2.22. The Kier molecular flexibility index (Phi) is 6.51. The van der Waals surface area contributed by atoms with Gasteiger partial charge in [-0.1, -0.05) is 6.92 Å². The molecule has 0 aliphatic carbocycles. The highest BCUT2D eigenvalue weighted by molar-refractivity contribution is 5.54. The van der Waals surface area contributed by atoms with Gasteiger partial charge >= 0.3 is 0 Å². The molecule has 0 N–H and O–H groups in total. The van der Waals surface area contributed by atoms with E-state index < -0.39 is 0 Å². The van der Waals surface area contributed by atoms with E-state index in [0.29, 0.717) is 23.0 Å². The second-order valence-corrected chi connectivity index (χ2v) is 6.07. The standard InChI is InChI=1S/C21H22N2O4/c1-6-15(16-9-20(26-11-22)18(24-4)7-13(16)2)17-10-21(27-12-23)19(25-5)8-14(17)3/h7-10,15H,6H2,1-5H3. The number of hydrogen-bond acceptors (Lipinski definition) is 6. The number of nitriles is 2. The summed E-state index contributed by atoms with van der Waals surface area (Å²) in [4.78, 5) is 0. The van der Waals surface area contributed by atoms with Crippen molar-refractivity contribution in [1.82, 2.24) is 0 Å². The number of ether oxygens (including phenoxy) is 4. The first kappa shape index (κ1) is 19.9. The Bertz CT molecular complexity index is 836. The summed E-state index contributed by atoms with van der Waals surface area (Å²) in [5, 5.41) is 17.8. The first-order valence-electron chi connectivity index (χ1n) is 8.49. The first-order valence-corrected chi connectivity index (χ1v) is 8.49. The van der Waals surface area contributed by atoms with E-state index in [2.05, 4.69) is 6.92 Å². The van der Waals surface area contributed by atoms with E-state index in [1.54, 1.807) is 12.5 Å². The zero-order valence-electron chi connectivity index (χ0n) is 16.1. The van der Waals surface area contributed by atoms with E-state index in [0.717, 1.165) is 28.7 Å². The molecule has 0 saturated carbocycles. The Morgan fingerprint density at radius 1 is 0.778 bits per heavy atom. The van der Waals surface area contributed by atoms with Gasteiger partial charge in [0.05, 0.1) is 14.2 Å². The summed E-state index contributed by atoms with van der Waals surface area (Å²) in [6, 6.07) is 7.38. The average molecular weight is 366 g/mol. The molecule has 0 atom stereocenters. The lowest BCUT2D eigenvalue weighted by atomic mass is 9.84. The third kappa shape index (κ3) is 4.07. The molecule has 2 rings (SSSR count). The molecule has 140 valence electrons. The fourth-order valence-corrected chi connectivity index (χ4v) is 3.29. The maximum absolute atomic E-state index is 8.92. The second kappa shape index (κ2) is 8.82. The van der Waals surface area contributed by atoms with Crippen LogP contribution in [0.1, 0.15) is 41.5 Å². The summed E-state index contributed by atoms with van der Waals surface area (Å²) in [6.07, 6.45) is 4.21. The molecule has 0 aliphatic heterocycles. The van der Waals surface area contributed by atoms with E-state index in [1.807, 2.05) is 38.1 Å². The van der Waals surface area contributed by atoms with Crippen molar-refractivity contribution in [1.29, 1.82) is 10.5 Å². The van der Waals surface area contributed by atoms with E-state index >= 15 is 0 Å². The Balaban J connectivity index is 2.64. The van der Waals surface area contributed by atoms with Crippen molar-refractivity contribution in [2.24, 2.45) is 0 Å². The lowest BCUT2D eigenvalue weighted by Gasteiger charge is -2.23. The Morgan fingerprint density at radius 3 is 1.48 bits per heavy atom. The molecule has 0 aromatic heterocycles. The monoisotopic (exact) mass is 366 g/mol. The van der Waals surface area contributed by atoms with Gasteiger partial charge in [-0.15, -0.1) is 10.5 Å². The maximum atomic E-state index is 8.92. The van der Waals surface area contributed by atoms with Crippen molar-refractivity contribution in [3.63, 3.8) is 0 Å². The van der Waals surface area contributed by atoms with Gasteiger partial charge in [-0.05, 0) is 66.8 Å². The van der Waals surface area contributed by atoms with Crippen molar-refractivity contribution < 1.29 is 18.9 Å². The predicted octanol–water partition coefficient (Wildman–Crippen LogP) is 4.58. The fourth-order valence-electron chi connectivity index (χ4n) is 3.29. The van der Waals surface area contributed by atoms with Gasteiger partial charge in [-0.2, -0.15) is 0 Å². The first-order chi connectivity index (χ1) is 13.0. The summed E-state index contributed by atoms with van der Waals surface area (Å²) >= 11 is 0. The zero-order chi connectivity index (χ0) is 20.0. The van der Waals surface area contributed by atoms with Crippen molar-refractivity contribution >= 4 is 0 Å². The van der Waals surface area contributed by atoms with Crippen LogP contribution in [0.25, 0.3) is 0 Å². The van der Waals surface area contributed by atoms with E-state index in [-0.39, 0.29) is 5.92 Å². The highest BCUT2D eigenvalue weighted by atomic mass is 16.5. The lowest BCUT2D eigenvalue weighted by molar-refractivity contribution is 0.382. The summed E-state index contributed by atoms with van der Waals surface area (Å²) in [5.74, 6) is 1.78. The largest absolute Gasteiger partial charge is 0.493 e. The minimum absolute atomic E-state index is 0.0175. The molecular weight excluding hydrogens is 344 g/mol. The quantitative estimate of drug-likeness (QED) is 0.667. The molecule has 0 amide bonds. The molecule has 0 aliphatic rings. The molecule has 0 spiro atoms. The van der Waals surface area contributed by atoms with Crippen molar-refractivity contribution in [2.45, 2.75) is 33.1 Å². The van der Waals surface area contributed by atoms with Crippen molar-refractivity contribution in [2.75, 3.05) is 14.2 Å². The molecule has 0 unspecified atom stereocenters. The second-order valence-electron chi connectivity index (χ2n) is 6.07. The number of methoxy groups -OCH3 is 2. The third-order valence-corrected chi connectivity index (χ3v) is 4.57. The Labute approximate surface area is 159 Å². The topological polar surface area (TPSA) is 84.5 Å². The fraction of sp³-hybridized carbons (Fsp3) is 0.333. The van der Waals surface area contributed by atoms with Crippen LogP contribution in [0.4, 0.5) is 0 Å². The van der Waals surface area contributed by atoms with Crippen LogP contribution in [0.3, 0.4) is 0 Å². The van der Waals surface area contributed by atoms with Crippen LogP contribution < -0.4 is 18.9 Å². The average Bonchev–Trinajstić information content (AvgIpc) is 2.66. The van der Waals surface area contributed by atoms with Crippen LogP contribution in [0.15, 0.2) is 24.3 Å². The third-order valence-electron chi connectivity index (χ3n) is 4.57. The van der Waals surface area contributed by atoms with Gasteiger partial charge in [0.2, 0.25) is 0 Å². The van der Waals surface area contributed by atoms with Gasteiger partial charge in [0.1, 0.15) is 0 Å². The van der Waals surface area contributed by atoms with Crippen LogP contribution >= 0.6 is 0 Å². The molecule has 6 heteroatoms. The summed E-state index contributed by atoms with van der Waals surface area (Å²) in [7, 11) is 3.07. The summed E-state index contributed by atoms with van der Waals surface area (Å²) in [5.41, 5.74) is 4.06. The van der Waals surface area contributed by atoms with Crippen LogP contribution in [0.2, 0.25) is 0 Å². The summed E-state index contributed by atoms with van der Waals surface area (Å²) < 4.78 is 20.8. The van der Waals surface area contributed by atoms with Gasteiger partial charge in [-0.25, -0.2) is 0 Å². The van der Waals surface area contributed by atoms with Crippen molar-refractivity contribution in [3.05, 3.63) is 46.5 Å². The lowest BCUT2D eigenvalue weighted by Crippen LogP contribution is -2.06. The predicted molar refractivity (Wildman–Crippen MR) is 100 cm³/mol. The van der Waals surface area contributed by atoms with Gasteiger partial charge in [0, 0.05) is 5.92 Å². The SMILES string of the molecule is CCC(c1cc(OC#N)c(OC)cc1C)c1cc(OC#N)c(OC)cc1C. The number of benzene rings is 2.